The SMILES string of the molecule is Cc1ccc(S(=O)(=O)N2CCc3ccccc3C2CN2C(=O)c3ccccc3C2=O)cc1[N+](=O)[O-]. The molecule has 0 spiro atoms. The predicted octanol–water partition coefficient (Wildman–Crippen LogP) is 3.49. The first kappa shape index (κ1) is 22.9. The first-order valence-corrected chi connectivity index (χ1v) is 12.4. The minimum atomic E-state index is -4.19. The van der Waals surface area contributed by atoms with Gasteiger partial charge in [-0.3, -0.25) is 24.6 Å². The van der Waals surface area contributed by atoms with Gasteiger partial charge >= 0.3 is 0 Å². The van der Waals surface area contributed by atoms with Crippen LogP contribution in [0.2, 0.25) is 0 Å². The van der Waals surface area contributed by atoms with Crippen molar-refractivity contribution in [2.75, 3.05) is 13.1 Å². The van der Waals surface area contributed by atoms with Crippen LogP contribution in [0, 0.1) is 17.0 Å². The number of hydrogen-bond donors (Lipinski definition) is 0. The summed E-state index contributed by atoms with van der Waals surface area (Å²) in [7, 11) is -4.19. The molecule has 3 aromatic rings. The summed E-state index contributed by atoms with van der Waals surface area (Å²) in [5.74, 6) is -0.950. The molecule has 2 heterocycles. The van der Waals surface area contributed by atoms with Crippen molar-refractivity contribution in [1.82, 2.24) is 9.21 Å². The molecule has 10 heteroatoms. The number of sulfonamides is 1. The largest absolute Gasteiger partial charge is 0.273 e. The lowest BCUT2D eigenvalue weighted by Crippen LogP contribution is -2.46. The van der Waals surface area contributed by atoms with Gasteiger partial charge in [0.05, 0.1) is 33.5 Å². The lowest BCUT2D eigenvalue weighted by Gasteiger charge is -2.37. The average Bonchev–Trinajstić information content (AvgIpc) is 3.09. The van der Waals surface area contributed by atoms with Crippen molar-refractivity contribution >= 4 is 27.5 Å². The highest BCUT2D eigenvalue weighted by Crippen LogP contribution is 2.37. The van der Waals surface area contributed by atoms with E-state index in [0.29, 0.717) is 17.5 Å². The van der Waals surface area contributed by atoms with Crippen molar-refractivity contribution in [2.45, 2.75) is 24.3 Å². The zero-order valence-corrected chi connectivity index (χ0v) is 19.6. The van der Waals surface area contributed by atoms with Crippen LogP contribution in [0.15, 0.2) is 71.6 Å². The second-order valence-corrected chi connectivity index (χ2v) is 10.4. The number of carbonyl (C=O) groups is 2. The number of hydrogen-bond acceptors (Lipinski definition) is 6. The Balaban J connectivity index is 1.58. The highest BCUT2D eigenvalue weighted by molar-refractivity contribution is 7.89. The summed E-state index contributed by atoms with van der Waals surface area (Å²) in [6.45, 7) is 1.47. The van der Waals surface area contributed by atoms with Crippen LogP contribution in [-0.4, -0.2) is 47.5 Å². The van der Waals surface area contributed by atoms with Crippen molar-refractivity contribution in [3.63, 3.8) is 0 Å². The normalized spacial score (nSPS) is 17.9. The summed E-state index contributed by atoms with van der Waals surface area (Å²) >= 11 is 0. The summed E-state index contributed by atoms with van der Waals surface area (Å²) in [5, 5.41) is 11.4. The Morgan fingerprint density at radius 2 is 1.60 bits per heavy atom. The number of nitro groups is 1. The summed E-state index contributed by atoms with van der Waals surface area (Å²) in [6.07, 6.45) is 0.433. The van der Waals surface area contributed by atoms with Crippen LogP contribution >= 0.6 is 0 Å². The molecule has 5 rings (SSSR count). The van der Waals surface area contributed by atoms with Gasteiger partial charge in [-0.05, 0) is 42.7 Å². The Hall–Kier alpha value is -3.89. The first-order chi connectivity index (χ1) is 16.7. The topological polar surface area (TPSA) is 118 Å². The lowest BCUT2D eigenvalue weighted by molar-refractivity contribution is -0.385. The van der Waals surface area contributed by atoms with E-state index < -0.39 is 32.8 Å². The summed E-state index contributed by atoms with van der Waals surface area (Å²) < 4.78 is 28.8. The molecular formula is C25H21N3O6S. The molecule has 0 radical (unpaired) electrons. The number of nitro benzene ring substituents is 1. The van der Waals surface area contributed by atoms with Crippen LogP contribution in [0.5, 0.6) is 0 Å². The third-order valence-electron chi connectivity index (χ3n) is 6.58. The summed E-state index contributed by atoms with van der Waals surface area (Å²) in [5.41, 5.74) is 2.24. The lowest BCUT2D eigenvalue weighted by atomic mass is 9.94. The zero-order valence-electron chi connectivity index (χ0n) is 18.7. The zero-order chi connectivity index (χ0) is 24.9. The molecule has 178 valence electrons. The van der Waals surface area contributed by atoms with E-state index in [1.54, 1.807) is 36.4 Å². The van der Waals surface area contributed by atoms with Gasteiger partial charge in [0, 0.05) is 18.2 Å². The fraction of sp³-hybridized carbons (Fsp3) is 0.200. The number of imide groups is 1. The van der Waals surface area contributed by atoms with Gasteiger partial charge in [-0.15, -0.1) is 0 Å². The van der Waals surface area contributed by atoms with E-state index in [2.05, 4.69) is 0 Å². The molecule has 2 aliphatic heterocycles. The third kappa shape index (κ3) is 3.71. The Morgan fingerprint density at radius 1 is 0.971 bits per heavy atom. The molecule has 0 bridgehead atoms. The molecule has 0 fully saturated rings. The molecule has 1 atom stereocenters. The van der Waals surface area contributed by atoms with E-state index in [4.69, 9.17) is 0 Å². The molecule has 0 aliphatic carbocycles. The molecule has 3 aromatic carbocycles. The molecular weight excluding hydrogens is 470 g/mol. The summed E-state index contributed by atoms with van der Waals surface area (Å²) in [4.78, 5) is 37.8. The Labute approximate surface area is 201 Å². The number of aryl methyl sites for hydroxylation is 1. The van der Waals surface area contributed by atoms with Crippen LogP contribution in [-0.2, 0) is 16.4 Å². The van der Waals surface area contributed by atoms with Crippen LogP contribution < -0.4 is 0 Å². The van der Waals surface area contributed by atoms with Crippen LogP contribution in [0.4, 0.5) is 5.69 Å². The average molecular weight is 492 g/mol. The number of amides is 2. The fourth-order valence-electron chi connectivity index (χ4n) is 4.77. The smallest absolute Gasteiger partial charge is 0.272 e. The number of benzene rings is 3. The van der Waals surface area contributed by atoms with Gasteiger partial charge in [0.1, 0.15) is 0 Å². The van der Waals surface area contributed by atoms with Gasteiger partial charge in [-0.2, -0.15) is 4.31 Å². The maximum atomic E-state index is 13.8. The van der Waals surface area contributed by atoms with Gasteiger partial charge < -0.3 is 0 Å². The van der Waals surface area contributed by atoms with Crippen LogP contribution in [0.3, 0.4) is 0 Å². The van der Waals surface area contributed by atoms with Crippen molar-refractivity contribution < 1.29 is 22.9 Å². The van der Waals surface area contributed by atoms with E-state index in [1.807, 2.05) is 12.1 Å². The van der Waals surface area contributed by atoms with Crippen molar-refractivity contribution in [1.29, 1.82) is 0 Å². The third-order valence-corrected chi connectivity index (χ3v) is 8.48. The molecule has 9 nitrogen and oxygen atoms in total. The number of fused-ring (bicyclic) bond motifs is 2. The number of nitrogens with zero attached hydrogens (tertiary/aromatic N) is 3. The molecule has 0 saturated heterocycles. The monoisotopic (exact) mass is 491 g/mol. The predicted molar refractivity (Wildman–Crippen MR) is 126 cm³/mol. The second kappa shape index (κ2) is 8.40. The van der Waals surface area contributed by atoms with Crippen molar-refractivity contribution in [2.24, 2.45) is 0 Å². The van der Waals surface area contributed by atoms with Crippen molar-refractivity contribution in [3.05, 3.63) is 105 Å². The quantitative estimate of drug-likeness (QED) is 0.306. The second-order valence-electron chi connectivity index (χ2n) is 8.55. The van der Waals surface area contributed by atoms with Gasteiger partial charge in [-0.1, -0.05) is 42.5 Å². The summed E-state index contributed by atoms with van der Waals surface area (Å²) in [6, 6.07) is 16.8. The highest BCUT2D eigenvalue weighted by Gasteiger charge is 2.42. The van der Waals surface area contributed by atoms with Crippen molar-refractivity contribution in [3.8, 4) is 0 Å². The number of rotatable bonds is 5. The van der Waals surface area contributed by atoms with E-state index in [-0.39, 0.29) is 34.8 Å². The molecule has 2 amide bonds. The Bertz CT molecular complexity index is 1470. The standard InChI is InChI=1S/C25H21N3O6S/c1-16-10-11-18(14-22(16)28(31)32)35(33,34)27-13-12-17-6-2-3-7-19(17)23(27)15-26-24(29)20-8-4-5-9-21(20)25(26)30/h2-11,14,23H,12-13,15H2,1H3. The van der Waals surface area contributed by atoms with Crippen LogP contribution in [0.25, 0.3) is 0 Å². The van der Waals surface area contributed by atoms with Crippen LogP contribution in [0.1, 0.15) is 43.4 Å². The highest BCUT2D eigenvalue weighted by atomic mass is 32.2. The number of carbonyl (C=O) groups excluding carboxylic acids is 2. The van der Waals surface area contributed by atoms with Gasteiger partial charge in [0.2, 0.25) is 10.0 Å². The maximum absolute atomic E-state index is 13.8. The van der Waals surface area contributed by atoms with E-state index in [9.17, 15) is 28.1 Å². The van der Waals surface area contributed by atoms with E-state index in [1.165, 1.54) is 23.4 Å². The molecule has 0 aromatic heterocycles. The Kier molecular flexibility index (Phi) is 5.49. The molecule has 0 N–H and O–H groups in total. The fourth-order valence-corrected chi connectivity index (χ4v) is 6.38. The van der Waals surface area contributed by atoms with Gasteiger partial charge in [-0.25, -0.2) is 8.42 Å². The van der Waals surface area contributed by atoms with E-state index in [0.717, 1.165) is 16.5 Å². The minimum Gasteiger partial charge on any atom is -0.272 e. The van der Waals surface area contributed by atoms with Gasteiger partial charge in [0.25, 0.3) is 17.5 Å². The first-order valence-electron chi connectivity index (χ1n) is 11.0. The Morgan fingerprint density at radius 3 is 2.26 bits per heavy atom. The molecule has 2 aliphatic rings. The van der Waals surface area contributed by atoms with Gasteiger partial charge in [0.15, 0.2) is 0 Å². The minimum absolute atomic E-state index is 0.106. The van der Waals surface area contributed by atoms with E-state index >= 15 is 0 Å². The molecule has 35 heavy (non-hydrogen) atoms. The maximum Gasteiger partial charge on any atom is 0.273 e. The molecule has 1 unspecified atom stereocenters. The molecule has 0 saturated carbocycles.